The van der Waals surface area contributed by atoms with Crippen LogP contribution in [0.2, 0.25) is 0 Å². The molecule has 1 aliphatic rings. The molecule has 1 unspecified atom stereocenters. The van der Waals surface area contributed by atoms with E-state index in [1.807, 2.05) is 54.8 Å². The fourth-order valence-electron chi connectivity index (χ4n) is 2.75. The van der Waals surface area contributed by atoms with Gasteiger partial charge in [0.1, 0.15) is 0 Å². The van der Waals surface area contributed by atoms with Crippen LogP contribution in [-0.2, 0) is 5.54 Å². The van der Waals surface area contributed by atoms with Gasteiger partial charge in [-0.1, -0.05) is 23.9 Å². The number of amides is 1. The predicted molar refractivity (Wildman–Crippen MR) is 109 cm³/mol. The van der Waals surface area contributed by atoms with E-state index in [9.17, 15) is 4.79 Å². The third kappa shape index (κ3) is 4.19. The Morgan fingerprint density at radius 2 is 1.88 bits per heavy atom. The van der Waals surface area contributed by atoms with Gasteiger partial charge in [0, 0.05) is 21.9 Å². The van der Waals surface area contributed by atoms with Gasteiger partial charge in [-0.05, 0) is 61.6 Å². The van der Waals surface area contributed by atoms with Crippen LogP contribution >= 0.6 is 23.5 Å². The zero-order valence-corrected chi connectivity index (χ0v) is 15.9. The maximum absolute atomic E-state index is 12.4. The molecule has 0 saturated heterocycles. The number of carbonyl (C=O) groups is 1. The quantitative estimate of drug-likeness (QED) is 0.785. The molecule has 130 valence electrons. The molecule has 25 heavy (non-hydrogen) atoms. The van der Waals surface area contributed by atoms with Gasteiger partial charge in [0.05, 0.1) is 5.54 Å². The Kier molecular flexibility index (Phi) is 5.39. The fourth-order valence-corrected chi connectivity index (χ4v) is 4.14. The minimum Gasteiger partial charge on any atom is -0.379 e. The molecule has 4 nitrogen and oxygen atoms in total. The molecule has 0 spiro atoms. The van der Waals surface area contributed by atoms with Crippen LogP contribution in [0.15, 0.2) is 58.4 Å². The Labute approximate surface area is 156 Å². The second kappa shape index (κ2) is 7.54. The number of nitrogens with zero attached hydrogens (tertiary/aromatic N) is 1. The van der Waals surface area contributed by atoms with E-state index in [1.54, 1.807) is 23.5 Å². The first kappa shape index (κ1) is 17.9. The number of hydrogen-bond donors (Lipinski definition) is 2. The SMILES string of the molecule is CSc1ccc(NC(=O)c2ccc(C3(C)CCSC(N)=N3)cc2)cc1. The van der Waals surface area contributed by atoms with Gasteiger partial charge >= 0.3 is 0 Å². The van der Waals surface area contributed by atoms with Gasteiger partial charge in [0.25, 0.3) is 5.91 Å². The van der Waals surface area contributed by atoms with Gasteiger partial charge in [-0.25, -0.2) is 0 Å². The van der Waals surface area contributed by atoms with Crippen LogP contribution in [0.4, 0.5) is 5.69 Å². The topological polar surface area (TPSA) is 67.5 Å². The molecule has 0 aromatic heterocycles. The second-order valence-electron chi connectivity index (χ2n) is 6.08. The van der Waals surface area contributed by atoms with Gasteiger partial charge < -0.3 is 11.1 Å². The number of carbonyl (C=O) groups excluding carboxylic acids is 1. The van der Waals surface area contributed by atoms with Crippen LogP contribution in [0.25, 0.3) is 0 Å². The lowest BCUT2D eigenvalue weighted by Crippen LogP contribution is -2.28. The number of amidine groups is 1. The lowest BCUT2D eigenvalue weighted by Gasteiger charge is -2.29. The van der Waals surface area contributed by atoms with E-state index in [0.29, 0.717) is 10.7 Å². The number of thioether (sulfide) groups is 2. The largest absolute Gasteiger partial charge is 0.379 e. The van der Waals surface area contributed by atoms with Crippen LogP contribution < -0.4 is 11.1 Å². The van der Waals surface area contributed by atoms with Crippen LogP contribution in [0.1, 0.15) is 29.3 Å². The summed E-state index contributed by atoms with van der Waals surface area (Å²) in [4.78, 5) is 18.2. The normalized spacial score (nSPS) is 20.0. The number of nitrogens with one attached hydrogen (secondary N) is 1. The molecule has 1 heterocycles. The zero-order chi connectivity index (χ0) is 17.9. The lowest BCUT2D eigenvalue weighted by atomic mass is 9.89. The molecule has 1 atom stereocenters. The first-order chi connectivity index (χ1) is 12.0. The highest BCUT2D eigenvalue weighted by Crippen LogP contribution is 2.35. The van der Waals surface area contributed by atoms with Gasteiger partial charge in [0.2, 0.25) is 0 Å². The zero-order valence-electron chi connectivity index (χ0n) is 14.3. The van der Waals surface area contributed by atoms with Crippen molar-refractivity contribution in [3.63, 3.8) is 0 Å². The van der Waals surface area contributed by atoms with Crippen molar-refractivity contribution in [2.45, 2.75) is 23.8 Å². The van der Waals surface area contributed by atoms with E-state index in [2.05, 4.69) is 17.2 Å². The number of rotatable bonds is 4. The van der Waals surface area contributed by atoms with E-state index in [-0.39, 0.29) is 11.4 Å². The Morgan fingerprint density at radius 1 is 1.20 bits per heavy atom. The molecule has 0 bridgehead atoms. The van der Waals surface area contributed by atoms with Gasteiger partial charge in [0.15, 0.2) is 5.17 Å². The molecule has 0 fully saturated rings. The summed E-state index contributed by atoms with van der Waals surface area (Å²) >= 11 is 3.26. The minimum absolute atomic E-state index is 0.115. The minimum atomic E-state index is -0.308. The van der Waals surface area contributed by atoms with Crippen LogP contribution in [-0.4, -0.2) is 23.1 Å². The molecule has 0 radical (unpaired) electrons. The molecule has 0 saturated carbocycles. The molecule has 1 amide bonds. The van der Waals surface area contributed by atoms with Crippen molar-refractivity contribution in [1.29, 1.82) is 0 Å². The lowest BCUT2D eigenvalue weighted by molar-refractivity contribution is 0.102. The highest BCUT2D eigenvalue weighted by Gasteiger charge is 2.29. The first-order valence-electron chi connectivity index (χ1n) is 8.04. The molecule has 0 aliphatic carbocycles. The van der Waals surface area contributed by atoms with Crippen LogP contribution in [0.5, 0.6) is 0 Å². The smallest absolute Gasteiger partial charge is 0.255 e. The van der Waals surface area contributed by atoms with E-state index < -0.39 is 0 Å². The highest BCUT2D eigenvalue weighted by molar-refractivity contribution is 8.13. The second-order valence-corrected chi connectivity index (χ2v) is 8.08. The molecule has 2 aromatic rings. The maximum Gasteiger partial charge on any atom is 0.255 e. The number of anilines is 1. The number of aliphatic imine (C=N–C) groups is 1. The summed E-state index contributed by atoms with van der Waals surface area (Å²) in [6, 6.07) is 15.4. The standard InChI is InChI=1S/C19H21N3OS2/c1-19(11-12-25-18(20)22-19)14-5-3-13(4-6-14)17(23)21-15-7-9-16(24-2)10-8-15/h3-10H,11-12H2,1-2H3,(H2,20,22)(H,21,23). The average Bonchev–Trinajstić information content (AvgIpc) is 2.62. The summed E-state index contributed by atoms with van der Waals surface area (Å²) < 4.78 is 0. The van der Waals surface area contributed by atoms with E-state index in [4.69, 9.17) is 5.73 Å². The molecule has 1 aliphatic heterocycles. The summed E-state index contributed by atoms with van der Waals surface area (Å²) in [6.07, 6.45) is 2.96. The van der Waals surface area contributed by atoms with Crippen molar-refractivity contribution in [2.75, 3.05) is 17.3 Å². The van der Waals surface area contributed by atoms with Crippen molar-refractivity contribution in [3.8, 4) is 0 Å². The van der Waals surface area contributed by atoms with Crippen molar-refractivity contribution < 1.29 is 4.79 Å². The molecular weight excluding hydrogens is 350 g/mol. The number of hydrogen-bond acceptors (Lipinski definition) is 5. The van der Waals surface area contributed by atoms with Gasteiger partial charge in [-0.2, -0.15) is 0 Å². The van der Waals surface area contributed by atoms with Gasteiger partial charge in [-0.3, -0.25) is 9.79 Å². The summed E-state index contributed by atoms with van der Waals surface area (Å²) in [5.74, 6) is 0.843. The van der Waals surface area contributed by atoms with Crippen LogP contribution in [0.3, 0.4) is 0 Å². The summed E-state index contributed by atoms with van der Waals surface area (Å²) in [5.41, 5.74) is 8.07. The van der Waals surface area contributed by atoms with Crippen molar-refractivity contribution in [1.82, 2.24) is 0 Å². The van der Waals surface area contributed by atoms with Crippen LogP contribution in [0, 0.1) is 0 Å². The number of nitrogens with two attached hydrogens (primary N) is 1. The highest BCUT2D eigenvalue weighted by atomic mass is 32.2. The Hall–Kier alpha value is -1.92. The third-order valence-electron chi connectivity index (χ3n) is 4.31. The predicted octanol–water partition coefficient (Wildman–Crippen LogP) is 4.33. The molecule has 3 rings (SSSR count). The summed E-state index contributed by atoms with van der Waals surface area (Å²) in [5, 5.41) is 3.55. The molecule has 6 heteroatoms. The van der Waals surface area contributed by atoms with Crippen molar-refractivity contribution >= 4 is 40.3 Å². The third-order valence-corrected chi connectivity index (χ3v) is 5.85. The molecule has 2 aromatic carbocycles. The summed E-state index contributed by atoms with van der Waals surface area (Å²) in [6.45, 7) is 2.09. The maximum atomic E-state index is 12.4. The van der Waals surface area contributed by atoms with E-state index in [0.717, 1.165) is 23.4 Å². The van der Waals surface area contributed by atoms with E-state index in [1.165, 1.54) is 4.90 Å². The molecule has 3 N–H and O–H groups in total. The average molecular weight is 372 g/mol. The monoisotopic (exact) mass is 371 g/mol. The summed E-state index contributed by atoms with van der Waals surface area (Å²) in [7, 11) is 0. The Morgan fingerprint density at radius 3 is 2.48 bits per heavy atom. The Bertz CT molecular complexity index is 787. The number of benzene rings is 2. The van der Waals surface area contributed by atoms with Gasteiger partial charge in [-0.15, -0.1) is 11.8 Å². The van der Waals surface area contributed by atoms with Crippen molar-refractivity contribution in [2.24, 2.45) is 10.7 Å². The Balaban J connectivity index is 1.73. The molecular formula is C19H21N3OS2. The van der Waals surface area contributed by atoms with E-state index >= 15 is 0 Å². The first-order valence-corrected chi connectivity index (χ1v) is 10.3. The van der Waals surface area contributed by atoms with Crippen molar-refractivity contribution in [3.05, 3.63) is 59.7 Å². The fraction of sp³-hybridized carbons (Fsp3) is 0.263.